The highest BCUT2D eigenvalue weighted by atomic mass is 16.5. The van der Waals surface area contributed by atoms with Gasteiger partial charge < -0.3 is 18.6 Å². The maximum atomic E-state index is 12.2. The largest absolute Gasteiger partial charge is 0.493 e. The van der Waals surface area contributed by atoms with Crippen molar-refractivity contribution in [3.8, 4) is 17.2 Å². The maximum absolute atomic E-state index is 12.2. The molecule has 0 atom stereocenters. The summed E-state index contributed by atoms with van der Waals surface area (Å²) in [6.07, 6.45) is 4.58. The predicted octanol–water partition coefficient (Wildman–Crippen LogP) is 3.20. The average molecular weight is 288 g/mol. The first kappa shape index (κ1) is 14.7. The van der Waals surface area contributed by atoms with Crippen LogP contribution in [0.15, 0.2) is 41.0 Å². The van der Waals surface area contributed by atoms with Gasteiger partial charge in [0.25, 0.3) is 0 Å². The van der Waals surface area contributed by atoms with E-state index in [0.717, 1.165) is 0 Å². The lowest BCUT2D eigenvalue weighted by molar-refractivity contribution is 0.104. The van der Waals surface area contributed by atoms with Crippen LogP contribution in [-0.4, -0.2) is 27.1 Å². The first-order chi connectivity index (χ1) is 10.2. The van der Waals surface area contributed by atoms with Crippen LogP contribution < -0.4 is 14.2 Å². The number of carbonyl (C=O) groups is 1. The van der Waals surface area contributed by atoms with E-state index in [1.807, 2.05) is 0 Å². The highest BCUT2D eigenvalue weighted by Gasteiger charge is 2.15. The van der Waals surface area contributed by atoms with Gasteiger partial charge in [-0.1, -0.05) is 0 Å². The second-order valence-electron chi connectivity index (χ2n) is 4.13. The van der Waals surface area contributed by atoms with Crippen LogP contribution in [0.25, 0.3) is 6.08 Å². The monoisotopic (exact) mass is 288 g/mol. The molecule has 0 saturated carbocycles. The molecule has 1 heterocycles. The molecule has 5 nitrogen and oxygen atoms in total. The number of benzene rings is 1. The molecule has 0 spiro atoms. The van der Waals surface area contributed by atoms with Gasteiger partial charge in [0.05, 0.1) is 27.6 Å². The van der Waals surface area contributed by atoms with Crippen molar-refractivity contribution in [2.24, 2.45) is 0 Å². The standard InChI is InChI=1S/C16H16O5/c1-18-14-9-11(10-15(19-2)16(14)20-3)13(17)7-6-12-5-4-8-21-12/h4-10H,1-3H3/b7-6+. The fraction of sp³-hybridized carbons (Fsp3) is 0.188. The lowest BCUT2D eigenvalue weighted by Gasteiger charge is -2.13. The van der Waals surface area contributed by atoms with Crippen LogP contribution in [0.2, 0.25) is 0 Å². The van der Waals surface area contributed by atoms with Crippen molar-refractivity contribution in [3.63, 3.8) is 0 Å². The topological polar surface area (TPSA) is 57.9 Å². The smallest absolute Gasteiger partial charge is 0.203 e. The summed E-state index contributed by atoms with van der Waals surface area (Å²) in [5, 5.41) is 0. The zero-order valence-electron chi connectivity index (χ0n) is 12.1. The van der Waals surface area contributed by atoms with Crippen LogP contribution in [0, 0.1) is 0 Å². The summed E-state index contributed by atoms with van der Waals surface area (Å²) in [5.74, 6) is 1.74. The van der Waals surface area contributed by atoms with E-state index >= 15 is 0 Å². The summed E-state index contributed by atoms with van der Waals surface area (Å²) in [5.41, 5.74) is 0.437. The highest BCUT2D eigenvalue weighted by Crippen LogP contribution is 2.38. The number of carbonyl (C=O) groups excluding carboxylic acids is 1. The quantitative estimate of drug-likeness (QED) is 0.603. The fourth-order valence-electron chi connectivity index (χ4n) is 1.86. The van der Waals surface area contributed by atoms with E-state index in [2.05, 4.69) is 0 Å². The first-order valence-electron chi connectivity index (χ1n) is 6.25. The van der Waals surface area contributed by atoms with Gasteiger partial charge in [-0.05, 0) is 36.4 Å². The van der Waals surface area contributed by atoms with Gasteiger partial charge in [-0.15, -0.1) is 0 Å². The van der Waals surface area contributed by atoms with Gasteiger partial charge in [-0.2, -0.15) is 0 Å². The third-order valence-electron chi connectivity index (χ3n) is 2.89. The molecule has 0 radical (unpaired) electrons. The van der Waals surface area contributed by atoms with Crippen molar-refractivity contribution in [1.82, 2.24) is 0 Å². The first-order valence-corrected chi connectivity index (χ1v) is 6.25. The van der Waals surface area contributed by atoms with E-state index in [9.17, 15) is 4.79 Å². The molecule has 2 aromatic rings. The van der Waals surface area contributed by atoms with E-state index in [1.165, 1.54) is 27.4 Å². The molecule has 0 aliphatic heterocycles. The highest BCUT2D eigenvalue weighted by molar-refractivity contribution is 6.07. The minimum absolute atomic E-state index is 0.189. The molecule has 0 bridgehead atoms. The summed E-state index contributed by atoms with van der Waals surface area (Å²) in [7, 11) is 4.52. The summed E-state index contributed by atoms with van der Waals surface area (Å²) in [6, 6.07) is 6.73. The van der Waals surface area contributed by atoms with E-state index in [1.54, 1.807) is 36.6 Å². The van der Waals surface area contributed by atoms with E-state index in [-0.39, 0.29) is 5.78 Å². The predicted molar refractivity (Wildman–Crippen MR) is 78.2 cm³/mol. The second-order valence-corrected chi connectivity index (χ2v) is 4.13. The number of furan rings is 1. The number of ketones is 1. The van der Waals surface area contributed by atoms with Gasteiger partial charge in [0.1, 0.15) is 5.76 Å². The van der Waals surface area contributed by atoms with Crippen LogP contribution in [0.5, 0.6) is 17.2 Å². The Balaban J connectivity index is 2.33. The van der Waals surface area contributed by atoms with Crippen LogP contribution in [0.1, 0.15) is 16.1 Å². The molecule has 21 heavy (non-hydrogen) atoms. The van der Waals surface area contributed by atoms with Gasteiger partial charge >= 0.3 is 0 Å². The fourth-order valence-corrected chi connectivity index (χ4v) is 1.86. The van der Waals surface area contributed by atoms with Crippen LogP contribution in [0.4, 0.5) is 0 Å². The molecule has 0 amide bonds. The van der Waals surface area contributed by atoms with Gasteiger partial charge in [0.2, 0.25) is 5.75 Å². The van der Waals surface area contributed by atoms with Crippen LogP contribution in [-0.2, 0) is 0 Å². The number of hydrogen-bond donors (Lipinski definition) is 0. The summed E-state index contributed by atoms with van der Waals surface area (Å²) in [4.78, 5) is 12.2. The molecule has 5 heteroatoms. The van der Waals surface area contributed by atoms with Crippen molar-refractivity contribution in [2.45, 2.75) is 0 Å². The van der Waals surface area contributed by atoms with E-state index < -0.39 is 0 Å². The van der Waals surface area contributed by atoms with Crippen molar-refractivity contribution >= 4 is 11.9 Å². The Kier molecular flexibility index (Phi) is 4.66. The zero-order valence-corrected chi connectivity index (χ0v) is 12.1. The van der Waals surface area contributed by atoms with Crippen molar-refractivity contribution in [3.05, 3.63) is 47.9 Å². The third-order valence-corrected chi connectivity index (χ3v) is 2.89. The maximum Gasteiger partial charge on any atom is 0.203 e. The number of ether oxygens (including phenoxy) is 3. The van der Waals surface area contributed by atoms with Gasteiger partial charge in [-0.3, -0.25) is 4.79 Å². The number of methoxy groups -OCH3 is 3. The van der Waals surface area contributed by atoms with Crippen molar-refractivity contribution in [1.29, 1.82) is 0 Å². The Morgan fingerprint density at radius 1 is 1.10 bits per heavy atom. The summed E-state index contributed by atoms with van der Waals surface area (Å²) in [6.45, 7) is 0. The lowest BCUT2D eigenvalue weighted by Crippen LogP contribution is -2.00. The Morgan fingerprint density at radius 2 is 1.76 bits per heavy atom. The third kappa shape index (κ3) is 3.25. The number of rotatable bonds is 6. The summed E-state index contributed by atoms with van der Waals surface area (Å²) < 4.78 is 20.8. The normalized spacial score (nSPS) is 10.6. The minimum Gasteiger partial charge on any atom is -0.493 e. The van der Waals surface area contributed by atoms with E-state index in [4.69, 9.17) is 18.6 Å². The molecule has 2 rings (SSSR count). The molecular weight excluding hydrogens is 272 g/mol. The molecule has 1 aromatic carbocycles. The molecule has 0 aliphatic carbocycles. The Labute approximate surface area is 122 Å². The minimum atomic E-state index is -0.189. The number of hydrogen-bond acceptors (Lipinski definition) is 5. The Bertz CT molecular complexity index is 616. The second kappa shape index (κ2) is 6.65. The van der Waals surface area contributed by atoms with E-state index in [0.29, 0.717) is 28.6 Å². The SMILES string of the molecule is COc1cc(C(=O)/C=C/c2ccco2)cc(OC)c1OC. The molecule has 0 unspecified atom stereocenters. The Morgan fingerprint density at radius 3 is 2.24 bits per heavy atom. The molecule has 0 N–H and O–H groups in total. The molecule has 0 aliphatic rings. The number of allylic oxidation sites excluding steroid dienone is 1. The molecule has 0 saturated heterocycles. The van der Waals surface area contributed by atoms with Crippen molar-refractivity contribution in [2.75, 3.05) is 21.3 Å². The molecule has 0 fully saturated rings. The van der Waals surface area contributed by atoms with Crippen LogP contribution in [0.3, 0.4) is 0 Å². The van der Waals surface area contributed by atoms with Gasteiger partial charge in [0.15, 0.2) is 17.3 Å². The van der Waals surface area contributed by atoms with Crippen molar-refractivity contribution < 1.29 is 23.4 Å². The van der Waals surface area contributed by atoms with Gasteiger partial charge in [-0.25, -0.2) is 0 Å². The van der Waals surface area contributed by atoms with Gasteiger partial charge in [0, 0.05) is 5.56 Å². The Hall–Kier alpha value is -2.69. The lowest BCUT2D eigenvalue weighted by atomic mass is 10.1. The van der Waals surface area contributed by atoms with Crippen LogP contribution >= 0.6 is 0 Å². The molecule has 110 valence electrons. The molecule has 1 aromatic heterocycles. The zero-order chi connectivity index (χ0) is 15.2. The molecular formula is C16H16O5. The average Bonchev–Trinajstić information content (AvgIpc) is 3.04. The summed E-state index contributed by atoms with van der Waals surface area (Å²) >= 11 is 0.